The van der Waals surface area contributed by atoms with E-state index in [0.29, 0.717) is 21.7 Å². The lowest BCUT2D eigenvalue weighted by Crippen LogP contribution is -2.65. The fraction of sp³-hybridized carbons (Fsp3) is 0.895. The zero-order chi connectivity index (χ0) is 13.5. The van der Waals surface area contributed by atoms with Crippen molar-refractivity contribution in [2.45, 2.75) is 85.5 Å². The summed E-state index contributed by atoms with van der Waals surface area (Å²) in [6, 6.07) is 0. The van der Waals surface area contributed by atoms with Gasteiger partial charge in [-0.25, -0.2) is 0 Å². The summed E-state index contributed by atoms with van der Waals surface area (Å²) in [5.41, 5.74) is 6.11. The fourth-order valence-corrected chi connectivity index (χ4v) is 7.10. The van der Waals surface area contributed by atoms with Gasteiger partial charge in [-0.3, -0.25) is 0 Å². The van der Waals surface area contributed by atoms with Crippen LogP contribution in [0.3, 0.4) is 0 Å². The van der Waals surface area contributed by atoms with E-state index >= 15 is 0 Å². The molecule has 4 aliphatic rings. The summed E-state index contributed by atoms with van der Waals surface area (Å²) in [5.74, 6) is 0. The van der Waals surface area contributed by atoms with E-state index < -0.39 is 0 Å². The van der Waals surface area contributed by atoms with Gasteiger partial charge in [-0.2, -0.15) is 0 Å². The van der Waals surface area contributed by atoms with E-state index in [1.807, 2.05) is 11.1 Å². The molecule has 0 aliphatic heterocycles. The molecule has 0 aromatic heterocycles. The van der Waals surface area contributed by atoms with Gasteiger partial charge in [0.2, 0.25) is 0 Å². The van der Waals surface area contributed by atoms with Crippen molar-refractivity contribution in [2.24, 2.45) is 21.7 Å². The molecule has 4 aliphatic carbocycles. The maximum atomic E-state index is 2.65. The number of hydrogen-bond acceptors (Lipinski definition) is 0. The molecule has 0 heterocycles. The zero-order valence-corrected chi connectivity index (χ0v) is 13.4. The van der Waals surface area contributed by atoms with E-state index in [1.165, 1.54) is 57.8 Å². The molecule has 0 aromatic carbocycles. The van der Waals surface area contributed by atoms with E-state index in [4.69, 9.17) is 0 Å². The van der Waals surface area contributed by atoms with Crippen molar-refractivity contribution >= 4 is 0 Å². The van der Waals surface area contributed by atoms with Gasteiger partial charge >= 0.3 is 0 Å². The Kier molecular flexibility index (Phi) is 2.18. The summed E-state index contributed by atoms with van der Waals surface area (Å²) in [7, 11) is 0. The highest BCUT2D eigenvalue weighted by molar-refractivity contribution is 5.43. The first kappa shape index (κ1) is 12.5. The highest BCUT2D eigenvalue weighted by Crippen LogP contribution is 2.80. The Morgan fingerprint density at radius 1 is 0.684 bits per heavy atom. The van der Waals surface area contributed by atoms with Gasteiger partial charge < -0.3 is 0 Å². The first-order valence-electron chi connectivity index (χ1n) is 8.62. The Bertz CT molecular complexity index is 452. The first-order valence-corrected chi connectivity index (χ1v) is 8.62. The Morgan fingerprint density at radius 3 is 1.74 bits per heavy atom. The second-order valence-electron chi connectivity index (χ2n) is 8.93. The van der Waals surface area contributed by atoms with E-state index in [9.17, 15) is 0 Å². The molecule has 2 spiro atoms. The third-order valence-corrected chi connectivity index (χ3v) is 8.55. The predicted octanol–water partition coefficient (Wildman–Crippen LogP) is 5.87. The van der Waals surface area contributed by atoms with Crippen molar-refractivity contribution in [2.75, 3.05) is 0 Å². The molecule has 106 valence electrons. The van der Waals surface area contributed by atoms with Crippen LogP contribution in [0.2, 0.25) is 0 Å². The van der Waals surface area contributed by atoms with Crippen molar-refractivity contribution in [3.8, 4) is 0 Å². The maximum Gasteiger partial charge on any atom is -0.00285 e. The molecule has 0 nitrogen and oxygen atoms in total. The minimum absolute atomic E-state index is 0.474. The van der Waals surface area contributed by atoms with Crippen LogP contribution in [-0.2, 0) is 0 Å². The lowest BCUT2D eigenvalue weighted by molar-refractivity contribution is -0.191. The molecule has 0 bridgehead atoms. The van der Waals surface area contributed by atoms with Crippen molar-refractivity contribution in [1.82, 2.24) is 0 Å². The monoisotopic (exact) mass is 258 g/mol. The molecule has 0 radical (unpaired) electrons. The van der Waals surface area contributed by atoms with Crippen LogP contribution >= 0.6 is 0 Å². The molecular weight excluding hydrogens is 228 g/mol. The average Bonchev–Trinajstić information content (AvgIpc) is 2.59. The van der Waals surface area contributed by atoms with Crippen LogP contribution in [0.25, 0.3) is 0 Å². The smallest absolute Gasteiger partial charge is 0.00285 e. The molecule has 19 heavy (non-hydrogen) atoms. The van der Waals surface area contributed by atoms with Gasteiger partial charge in [-0.05, 0) is 66.6 Å². The quantitative estimate of drug-likeness (QED) is 0.476. The van der Waals surface area contributed by atoms with Crippen molar-refractivity contribution in [3.63, 3.8) is 0 Å². The Hall–Kier alpha value is -0.260. The summed E-state index contributed by atoms with van der Waals surface area (Å²) in [4.78, 5) is 0. The lowest BCUT2D eigenvalue weighted by atomic mass is 9.30. The van der Waals surface area contributed by atoms with Gasteiger partial charge in [0.1, 0.15) is 0 Å². The van der Waals surface area contributed by atoms with Crippen LogP contribution < -0.4 is 0 Å². The van der Waals surface area contributed by atoms with Crippen LogP contribution in [0, 0.1) is 21.7 Å². The Labute approximate surface area is 119 Å². The normalized spacial score (nSPS) is 36.0. The zero-order valence-electron chi connectivity index (χ0n) is 13.4. The van der Waals surface area contributed by atoms with E-state index in [0.717, 1.165) is 0 Å². The summed E-state index contributed by atoms with van der Waals surface area (Å²) in [5, 5.41) is 0. The van der Waals surface area contributed by atoms with Gasteiger partial charge in [-0.15, -0.1) is 0 Å². The molecule has 0 heteroatoms. The average molecular weight is 258 g/mol. The largest absolute Gasteiger partial charge is 0.0642 e. The maximum absolute atomic E-state index is 2.65. The molecule has 0 N–H and O–H groups in total. The SMILES string of the molecule is CC1(C)C2=C(CCC2)C2(CCC2)C(C)(C)C12CCC2. The van der Waals surface area contributed by atoms with E-state index in [2.05, 4.69) is 27.7 Å². The molecule has 4 rings (SSSR count). The van der Waals surface area contributed by atoms with Crippen LogP contribution in [0.4, 0.5) is 0 Å². The van der Waals surface area contributed by atoms with Gasteiger partial charge in [0.25, 0.3) is 0 Å². The van der Waals surface area contributed by atoms with Crippen molar-refractivity contribution in [3.05, 3.63) is 11.1 Å². The minimum atomic E-state index is 0.474. The van der Waals surface area contributed by atoms with Crippen LogP contribution in [0.15, 0.2) is 11.1 Å². The van der Waals surface area contributed by atoms with Gasteiger partial charge in [0.15, 0.2) is 0 Å². The first-order chi connectivity index (χ1) is 8.89. The third kappa shape index (κ3) is 1.05. The summed E-state index contributed by atoms with van der Waals surface area (Å²) < 4.78 is 0. The molecular formula is C19H30. The molecule has 0 amide bonds. The second kappa shape index (κ2) is 3.31. The standard InChI is InChI=1S/C19H30/c1-16(2)14-8-5-9-15(14)18(10-6-11-18)17(3,4)19(16)12-7-13-19/h5-13H2,1-4H3. The minimum Gasteiger partial charge on any atom is -0.0642 e. The summed E-state index contributed by atoms with van der Waals surface area (Å²) in [6.07, 6.45) is 13.2. The highest BCUT2D eigenvalue weighted by Gasteiger charge is 2.70. The van der Waals surface area contributed by atoms with E-state index in [1.54, 1.807) is 0 Å². The highest BCUT2D eigenvalue weighted by atomic mass is 14.7. The van der Waals surface area contributed by atoms with E-state index in [-0.39, 0.29) is 0 Å². The predicted molar refractivity (Wildman–Crippen MR) is 81.0 cm³/mol. The van der Waals surface area contributed by atoms with Crippen molar-refractivity contribution < 1.29 is 0 Å². The number of hydrogen-bond donors (Lipinski definition) is 0. The molecule has 0 aromatic rings. The summed E-state index contributed by atoms with van der Waals surface area (Å²) >= 11 is 0. The molecule has 0 unspecified atom stereocenters. The third-order valence-electron chi connectivity index (χ3n) is 8.55. The van der Waals surface area contributed by atoms with Gasteiger partial charge in [0, 0.05) is 0 Å². The van der Waals surface area contributed by atoms with Crippen LogP contribution in [-0.4, -0.2) is 0 Å². The number of allylic oxidation sites excluding steroid dienone is 2. The second-order valence-corrected chi connectivity index (χ2v) is 8.93. The lowest BCUT2D eigenvalue weighted by Gasteiger charge is -2.73. The molecule has 2 saturated carbocycles. The Balaban J connectivity index is 1.97. The van der Waals surface area contributed by atoms with Crippen LogP contribution in [0.5, 0.6) is 0 Å². The van der Waals surface area contributed by atoms with Gasteiger partial charge in [0.05, 0.1) is 0 Å². The van der Waals surface area contributed by atoms with Crippen molar-refractivity contribution in [1.29, 1.82) is 0 Å². The Morgan fingerprint density at radius 2 is 1.26 bits per heavy atom. The number of fused-ring (bicyclic) bond motifs is 1. The molecule has 2 fully saturated rings. The van der Waals surface area contributed by atoms with Gasteiger partial charge in [-0.1, -0.05) is 51.7 Å². The topological polar surface area (TPSA) is 0 Å². The molecule has 0 atom stereocenters. The molecule has 0 saturated heterocycles. The fourth-order valence-electron chi connectivity index (χ4n) is 7.10. The number of rotatable bonds is 0. The van der Waals surface area contributed by atoms with Crippen LogP contribution in [0.1, 0.15) is 85.5 Å². The summed E-state index contributed by atoms with van der Waals surface area (Å²) in [6.45, 7) is 10.5.